The van der Waals surface area contributed by atoms with Crippen molar-refractivity contribution in [3.05, 3.63) is 60.2 Å². The first kappa shape index (κ1) is 14.8. The standard InChI is InChI=1S/C17H15N3O3/c1-11-12(5-6-13(19-11)16-4-3-9-23-16)17(21)20-14-10-18-8-7-15(14)22-2/h3-10H,1-2H3,(H,20,21). The number of amides is 1. The van der Waals surface area contributed by atoms with Crippen molar-refractivity contribution in [3.8, 4) is 17.2 Å². The molecule has 0 saturated heterocycles. The predicted octanol–water partition coefficient (Wildman–Crippen LogP) is 3.31. The van der Waals surface area contributed by atoms with Gasteiger partial charge in [-0.1, -0.05) is 0 Å². The molecular weight excluding hydrogens is 294 g/mol. The molecule has 3 heterocycles. The summed E-state index contributed by atoms with van der Waals surface area (Å²) in [4.78, 5) is 20.8. The number of aromatic nitrogens is 2. The quantitative estimate of drug-likeness (QED) is 0.800. The zero-order valence-electron chi connectivity index (χ0n) is 12.7. The van der Waals surface area contributed by atoms with Gasteiger partial charge in [-0.3, -0.25) is 9.78 Å². The Balaban J connectivity index is 1.85. The Kier molecular flexibility index (Phi) is 4.05. The SMILES string of the molecule is COc1ccncc1NC(=O)c1ccc(-c2ccco2)nc1C. The van der Waals surface area contributed by atoms with Crippen LogP contribution in [0, 0.1) is 6.92 Å². The van der Waals surface area contributed by atoms with Crippen LogP contribution in [-0.4, -0.2) is 23.0 Å². The van der Waals surface area contributed by atoms with Gasteiger partial charge in [0.05, 0.1) is 30.8 Å². The number of ether oxygens (including phenoxy) is 1. The zero-order valence-corrected chi connectivity index (χ0v) is 12.7. The molecule has 0 saturated carbocycles. The summed E-state index contributed by atoms with van der Waals surface area (Å²) in [6.45, 7) is 1.78. The molecule has 3 rings (SSSR count). The number of rotatable bonds is 4. The number of pyridine rings is 2. The molecule has 1 N–H and O–H groups in total. The van der Waals surface area contributed by atoms with E-state index in [-0.39, 0.29) is 5.91 Å². The van der Waals surface area contributed by atoms with Crippen molar-refractivity contribution in [1.29, 1.82) is 0 Å². The van der Waals surface area contributed by atoms with Crippen molar-refractivity contribution in [2.45, 2.75) is 6.92 Å². The maximum absolute atomic E-state index is 12.4. The number of anilines is 1. The summed E-state index contributed by atoms with van der Waals surface area (Å²) in [5.41, 5.74) is 2.28. The van der Waals surface area contributed by atoms with Crippen LogP contribution >= 0.6 is 0 Å². The molecule has 0 aliphatic heterocycles. The molecule has 0 aliphatic rings. The molecule has 3 aromatic heterocycles. The van der Waals surface area contributed by atoms with Gasteiger partial charge in [0.15, 0.2) is 5.76 Å². The van der Waals surface area contributed by atoms with Gasteiger partial charge in [-0.05, 0) is 31.2 Å². The highest BCUT2D eigenvalue weighted by atomic mass is 16.5. The summed E-state index contributed by atoms with van der Waals surface area (Å²) in [6.07, 6.45) is 4.72. The third-order valence-electron chi connectivity index (χ3n) is 3.35. The van der Waals surface area contributed by atoms with E-state index >= 15 is 0 Å². The van der Waals surface area contributed by atoms with E-state index < -0.39 is 0 Å². The Morgan fingerprint density at radius 1 is 1.26 bits per heavy atom. The number of aryl methyl sites for hydroxylation is 1. The van der Waals surface area contributed by atoms with Gasteiger partial charge in [0.25, 0.3) is 5.91 Å². The lowest BCUT2D eigenvalue weighted by Gasteiger charge is -2.10. The second-order valence-corrected chi connectivity index (χ2v) is 4.84. The smallest absolute Gasteiger partial charge is 0.257 e. The topological polar surface area (TPSA) is 77.2 Å². The number of hydrogen-bond donors (Lipinski definition) is 1. The van der Waals surface area contributed by atoms with E-state index in [1.54, 1.807) is 43.6 Å². The van der Waals surface area contributed by atoms with E-state index in [0.29, 0.717) is 34.1 Å². The summed E-state index contributed by atoms with van der Waals surface area (Å²) >= 11 is 0. The van der Waals surface area contributed by atoms with Crippen LogP contribution in [0.1, 0.15) is 16.1 Å². The lowest BCUT2D eigenvalue weighted by Crippen LogP contribution is -2.15. The van der Waals surface area contributed by atoms with Gasteiger partial charge in [-0.25, -0.2) is 4.98 Å². The molecule has 3 aromatic rings. The first-order valence-corrected chi connectivity index (χ1v) is 7.00. The third-order valence-corrected chi connectivity index (χ3v) is 3.35. The van der Waals surface area contributed by atoms with Crippen LogP contribution in [0.25, 0.3) is 11.5 Å². The van der Waals surface area contributed by atoms with Gasteiger partial charge >= 0.3 is 0 Å². The first-order valence-electron chi connectivity index (χ1n) is 7.00. The van der Waals surface area contributed by atoms with Crippen LogP contribution < -0.4 is 10.1 Å². The van der Waals surface area contributed by atoms with Crippen molar-refractivity contribution in [2.24, 2.45) is 0 Å². The number of methoxy groups -OCH3 is 1. The summed E-state index contributed by atoms with van der Waals surface area (Å²) in [5, 5.41) is 2.78. The van der Waals surface area contributed by atoms with Gasteiger partial charge in [0.2, 0.25) is 0 Å². The van der Waals surface area contributed by atoms with E-state index in [2.05, 4.69) is 15.3 Å². The van der Waals surface area contributed by atoms with Crippen LogP contribution in [0.4, 0.5) is 5.69 Å². The molecule has 0 fully saturated rings. The molecule has 6 nitrogen and oxygen atoms in total. The highest BCUT2D eigenvalue weighted by Crippen LogP contribution is 2.24. The maximum Gasteiger partial charge on any atom is 0.257 e. The normalized spacial score (nSPS) is 10.3. The predicted molar refractivity (Wildman–Crippen MR) is 85.4 cm³/mol. The largest absolute Gasteiger partial charge is 0.494 e. The summed E-state index contributed by atoms with van der Waals surface area (Å²) in [5.74, 6) is 0.937. The molecule has 0 aromatic carbocycles. The number of nitrogens with one attached hydrogen (secondary N) is 1. The third kappa shape index (κ3) is 3.06. The average molecular weight is 309 g/mol. The lowest BCUT2D eigenvalue weighted by atomic mass is 10.1. The number of hydrogen-bond acceptors (Lipinski definition) is 5. The fourth-order valence-corrected chi connectivity index (χ4v) is 2.21. The molecule has 23 heavy (non-hydrogen) atoms. The minimum atomic E-state index is -0.271. The summed E-state index contributed by atoms with van der Waals surface area (Å²) in [6, 6.07) is 8.77. The van der Waals surface area contributed by atoms with Crippen LogP contribution in [-0.2, 0) is 0 Å². The molecule has 6 heteroatoms. The van der Waals surface area contributed by atoms with Crippen LogP contribution in [0.5, 0.6) is 5.75 Å². The Bertz CT molecular complexity index is 829. The van der Waals surface area contributed by atoms with Crippen molar-refractivity contribution in [1.82, 2.24) is 9.97 Å². The average Bonchev–Trinajstić information content (AvgIpc) is 3.09. The fraction of sp³-hybridized carbons (Fsp3) is 0.118. The number of carbonyl (C=O) groups excluding carboxylic acids is 1. The van der Waals surface area contributed by atoms with Crippen LogP contribution in [0.3, 0.4) is 0 Å². The second kappa shape index (κ2) is 6.31. The van der Waals surface area contributed by atoms with E-state index in [1.165, 1.54) is 13.3 Å². The second-order valence-electron chi connectivity index (χ2n) is 4.84. The highest BCUT2D eigenvalue weighted by molar-refractivity contribution is 6.05. The number of furan rings is 1. The maximum atomic E-state index is 12.4. The van der Waals surface area contributed by atoms with Gasteiger partial charge in [0.1, 0.15) is 17.1 Å². The van der Waals surface area contributed by atoms with Crippen molar-refractivity contribution in [2.75, 3.05) is 12.4 Å². The molecule has 0 atom stereocenters. The summed E-state index contributed by atoms with van der Waals surface area (Å²) in [7, 11) is 1.54. The molecule has 0 aliphatic carbocycles. The van der Waals surface area contributed by atoms with E-state index in [9.17, 15) is 4.79 Å². The molecular formula is C17H15N3O3. The highest BCUT2D eigenvalue weighted by Gasteiger charge is 2.14. The minimum Gasteiger partial charge on any atom is -0.494 e. The molecule has 1 amide bonds. The monoisotopic (exact) mass is 309 g/mol. The Morgan fingerprint density at radius 3 is 2.83 bits per heavy atom. The molecule has 0 bridgehead atoms. The molecule has 0 unspecified atom stereocenters. The Hall–Kier alpha value is -3.15. The van der Waals surface area contributed by atoms with Crippen LogP contribution in [0.2, 0.25) is 0 Å². The number of nitrogens with zero attached hydrogens (tertiary/aromatic N) is 2. The van der Waals surface area contributed by atoms with E-state index in [0.717, 1.165) is 0 Å². The fourth-order valence-electron chi connectivity index (χ4n) is 2.21. The first-order chi connectivity index (χ1) is 11.2. The minimum absolute atomic E-state index is 0.271. The van der Waals surface area contributed by atoms with Gasteiger partial charge < -0.3 is 14.5 Å². The lowest BCUT2D eigenvalue weighted by molar-refractivity contribution is 0.102. The van der Waals surface area contributed by atoms with Crippen molar-refractivity contribution < 1.29 is 13.9 Å². The van der Waals surface area contributed by atoms with Gasteiger partial charge in [-0.2, -0.15) is 0 Å². The van der Waals surface area contributed by atoms with E-state index in [4.69, 9.17) is 9.15 Å². The Morgan fingerprint density at radius 2 is 2.13 bits per heavy atom. The molecule has 0 radical (unpaired) electrons. The van der Waals surface area contributed by atoms with Gasteiger partial charge in [0, 0.05) is 12.3 Å². The summed E-state index contributed by atoms with van der Waals surface area (Å²) < 4.78 is 10.5. The molecule has 0 spiro atoms. The zero-order chi connectivity index (χ0) is 16.2. The van der Waals surface area contributed by atoms with Crippen molar-refractivity contribution in [3.63, 3.8) is 0 Å². The van der Waals surface area contributed by atoms with Crippen LogP contribution in [0.15, 0.2) is 53.4 Å². The molecule has 116 valence electrons. The Labute approximate surface area is 133 Å². The van der Waals surface area contributed by atoms with Gasteiger partial charge in [-0.15, -0.1) is 0 Å². The number of carbonyl (C=O) groups is 1. The van der Waals surface area contributed by atoms with Crippen molar-refractivity contribution >= 4 is 11.6 Å². The van der Waals surface area contributed by atoms with E-state index in [1.807, 2.05) is 6.07 Å².